The molecule has 0 saturated heterocycles. The lowest BCUT2D eigenvalue weighted by Crippen LogP contribution is -2.35. The molecule has 0 unspecified atom stereocenters. The van der Waals surface area contributed by atoms with E-state index in [-0.39, 0.29) is 5.54 Å². The van der Waals surface area contributed by atoms with Crippen molar-refractivity contribution in [3.8, 4) is 9.88 Å². The van der Waals surface area contributed by atoms with Crippen LogP contribution in [0.25, 0.3) is 9.88 Å². The lowest BCUT2D eigenvalue weighted by Gasteiger charge is -2.20. The van der Waals surface area contributed by atoms with E-state index < -0.39 is 0 Å². The van der Waals surface area contributed by atoms with E-state index in [0.717, 1.165) is 22.9 Å². The minimum absolute atomic E-state index is 0.139. The van der Waals surface area contributed by atoms with Gasteiger partial charge in [-0.05, 0) is 27.2 Å². The van der Waals surface area contributed by atoms with Crippen molar-refractivity contribution in [1.29, 1.82) is 0 Å². The highest BCUT2D eigenvalue weighted by Gasteiger charge is 2.15. The predicted molar refractivity (Wildman–Crippen MR) is 79.2 cm³/mol. The van der Waals surface area contributed by atoms with E-state index in [1.165, 1.54) is 10.6 Å². The molecule has 0 fully saturated rings. The quantitative estimate of drug-likeness (QED) is 0.928. The van der Waals surface area contributed by atoms with Crippen molar-refractivity contribution in [3.63, 3.8) is 0 Å². The molecule has 2 rings (SSSR count). The second kappa shape index (κ2) is 5.47. The van der Waals surface area contributed by atoms with E-state index in [4.69, 9.17) is 4.98 Å². The molecule has 1 N–H and O–H groups in total. The van der Waals surface area contributed by atoms with Crippen LogP contribution in [0.2, 0.25) is 0 Å². The van der Waals surface area contributed by atoms with E-state index in [9.17, 15) is 0 Å². The Hall–Kier alpha value is -0.780. The standard InChI is InChI=1S/C13H19N3S2/c1-5-9-10(7-15-13(2,3)4)18-12(16-9)11-6-14-8-17-11/h6,8,15H,5,7H2,1-4H3. The summed E-state index contributed by atoms with van der Waals surface area (Å²) in [6.07, 6.45) is 2.88. The van der Waals surface area contributed by atoms with Crippen LogP contribution >= 0.6 is 22.7 Å². The lowest BCUT2D eigenvalue weighted by atomic mass is 10.1. The summed E-state index contributed by atoms with van der Waals surface area (Å²) in [7, 11) is 0. The molecule has 0 aliphatic rings. The van der Waals surface area contributed by atoms with Crippen LogP contribution in [0.4, 0.5) is 0 Å². The highest BCUT2D eigenvalue weighted by molar-refractivity contribution is 7.20. The Morgan fingerprint density at radius 1 is 1.33 bits per heavy atom. The molecule has 0 aromatic carbocycles. The molecule has 18 heavy (non-hydrogen) atoms. The van der Waals surface area contributed by atoms with Crippen LogP contribution in [0.1, 0.15) is 38.3 Å². The Balaban J connectivity index is 2.20. The van der Waals surface area contributed by atoms with Crippen LogP contribution in [0.15, 0.2) is 11.7 Å². The van der Waals surface area contributed by atoms with E-state index in [0.29, 0.717) is 0 Å². The van der Waals surface area contributed by atoms with E-state index in [1.54, 1.807) is 22.7 Å². The van der Waals surface area contributed by atoms with Gasteiger partial charge in [-0.25, -0.2) is 4.98 Å². The molecule has 0 radical (unpaired) electrons. The van der Waals surface area contributed by atoms with Gasteiger partial charge in [-0.2, -0.15) is 0 Å². The topological polar surface area (TPSA) is 37.8 Å². The number of thiazole rings is 2. The summed E-state index contributed by atoms with van der Waals surface area (Å²) in [5, 5.41) is 4.63. The maximum absolute atomic E-state index is 4.72. The number of nitrogens with zero attached hydrogens (tertiary/aromatic N) is 2. The average molecular weight is 281 g/mol. The summed E-state index contributed by atoms with van der Waals surface area (Å²) in [5.74, 6) is 0. The third kappa shape index (κ3) is 3.37. The van der Waals surface area contributed by atoms with Crippen LogP contribution in [0.3, 0.4) is 0 Å². The molecule has 98 valence electrons. The fourth-order valence-corrected chi connectivity index (χ4v) is 3.34. The molecule has 5 heteroatoms. The van der Waals surface area contributed by atoms with Crippen LogP contribution in [0, 0.1) is 0 Å². The van der Waals surface area contributed by atoms with Crippen LogP contribution in [-0.4, -0.2) is 15.5 Å². The van der Waals surface area contributed by atoms with Crippen molar-refractivity contribution >= 4 is 22.7 Å². The first-order chi connectivity index (χ1) is 8.49. The van der Waals surface area contributed by atoms with Crippen molar-refractivity contribution in [3.05, 3.63) is 22.3 Å². The molecule has 0 aliphatic carbocycles. The van der Waals surface area contributed by atoms with Crippen molar-refractivity contribution in [1.82, 2.24) is 15.3 Å². The van der Waals surface area contributed by atoms with Crippen molar-refractivity contribution in [2.45, 2.75) is 46.2 Å². The van der Waals surface area contributed by atoms with Gasteiger partial charge in [0.2, 0.25) is 0 Å². The van der Waals surface area contributed by atoms with E-state index in [1.807, 2.05) is 11.7 Å². The number of rotatable bonds is 4. The second-order valence-corrected chi connectivity index (χ2v) is 7.18. The first-order valence-corrected chi connectivity index (χ1v) is 7.81. The van der Waals surface area contributed by atoms with Gasteiger partial charge in [-0.1, -0.05) is 6.92 Å². The normalized spacial score (nSPS) is 12.0. The first kappa shape index (κ1) is 13.6. The van der Waals surface area contributed by atoms with Crippen molar-refractivity contribution < 1.29 is 0 Å². The second-order valence-electron chi connectivity index (χ2n) is 5.21. The summed E-state index contributed by atoms with van der Waals surface area (Å²) < 4.78 is 0. The van der Waals surface area contributed by atoms with Crippen molar-refractivity contribution in [2.75, 3.05) is 0 Å². The Bertz CT molecular complexity index is 495. The summed E-state index contributed by atoms with van der Waals surface area (Å²) in [4.78, 5) is 11.3. The van der Waals surface area contributed by atoms with Crippen molar-refractivity contribution in [2.24, 2.45) is 0 Å². The Kier molecular flexibility index (Phi) is 4.14. The van der Waals surface area contributed by atoms with Crippen LogP contribution < -0.4 is 5.32 Å². The molecule has 3 nitrogen and oxygen atoms in total. The fourth-order valence-electron chi connectivity index (χ4n) is 1.57. The van der Waals surface area contributed by atoms with Gasteiger partial charge in [0.25, 0.3) is 0 Å². The number of aromatic nitrogens is 2. The Labute approximate surface area is 116 Å². The molecule has 0 bridgehead atoms. The monoisotopic (exact) mass is 281 g/mol. The zero-order chi connectivity index (χ0) is 13.2. The first-order valence-electron chi connectivity index (χ1n) is 6.12. The summed E-state index contributed by atoms with van der Waals surface area (Å²) in [6.45, 7) is 9.60. The third-order valence-electron chi connectivity index (χ3n) is 2.54. The smallest absolute Gasteiger partial charge is 0.135 e. The van der Waals surface area contributed by atoms with Gasteiger partial charge in [0, 0.05) is 23.2 Å². The number of aryl methyl sites for hydroxylation is 1. The summed E-state index contributed by atoms with van der Waals surface area (Å²) in [5.41, 5.74) is 3.20. The highest BCUT2D eigenvalue weighted by atomic mass is 32.1. The van der Waals surface area contributed by atoms with Gasteiger partial charge in [0.1, 0.15) is 5.01 Å². The maximum atomic E-state index is 4.72. The molecular formula is C13H19N3S2. The number of hydrogen-bond donors (Lipinski definition) is 1. The fraction of sp³-hybridized carbons (Fsp3) is 0.538. The van der Waals surface area contributed by atoms with Gasteiger partial charge >= 0.3 is 0 Å². The molecule has 2 aromatic heterocycles. The Morgan fingerprint density at radius 3 is 2.67 bits per heavy atom. The molecule has 0 amide bonds. The molecule has 2 heterocycles. The predicted octanol–water partition coefficient (Wildman–Crippen LogP) is 3.72. The zero-order valence-corrected chi connectivity index (χ0v) is 12.9. The molecule has 0 atom stereocenters. The molecule has 2 aromatic rings. The highest BCUT2D eigenvalue weighted by Crippen LogP contribution is 2.30. The lowest BCUT2D eigenvalue weighted by molar-refractivity contribution is 0.425. The van der Waals surface area contributed by atoms with Crippen LogP contribution in [0.5, 0.6) is 0 Å². The summed E-state index contributed by atoms with van der Waals surface area (Å²) >= 11 is 3.43. The van der Waals surface area contributed by atoms with Crippen LogP contribution in [-0.2, 0) is 13.0 Å². The molecular weight excluding hydrogens is 262 g/mol. The largest absolute Gasteiger partial charge is 0.307 e. The average Bonchev–Trinajstić information content (AvgIpc) is 2.94. The van der Waals surface area contributed by atoms with Gasteiger partial charge < -0.3 is 5.32 Å². The zero-order valence-electron chi connectivity index (χ0n) is 11.3. The third-order valence-corrected chi connectivity index (χ3v) is 4.58. The number of nitrogens with one attached hydrogen (secondary N) is 1. The van der Waals surface area contributed by atoms with E-state index >= 15 is 0 Å². The van der Waals surface area contributed by atoms with Gasteiger partial charge in [0.05, 0.1) is 16.1 Å². The minimum Gasteiger partial charge on any atom is -0.307 e. The Morgan fingerprint density at radius 2 is 2.11 bits per heavy atom. The molecule has 0 aliphatic heterocycles. The van der Waals surface area contributed by atoms with Gasteiger partial charge in [-0.15, -0.1) is 22.7 Å². The SMILES string of the molecule is CCc1nc(-c2cncs2)sc1CNC(C)(C)C. The minimum atomic E-state index is 0.139. The van der Waals surface area contributed by atoms with Gasteiger partial charge in [-0.3, -0.25) is 4.98 Å². The number of hydrogen-bond acceptors (Lipinski definition) is 5. The maximum Gasteiger partial charge on any atom is 0.135 e. The molecule has 0 saturated carbocycles. The summed E-state index contributed by atoms with van der Waals surface area (Å²) in [6, 6.07) is 0. The van der Waals surface area contributed by atoms with Gasteiger partial charge in [0.15, 0.2) is 0 Å². The van der Waals surface area contributed by atoms with E-state index in [2.05, 4.69) is 38.0 Å². The molecule has 0 spiro atoms.